The smallest absolute Gasteiger partial charge is 0.335 e. The van der Waals surface area contributed by atoms with Gasteiger partial charge >= 0.3 is 5.63 Å². The van der Waals surface area contributed by atoms with Gasteiger partial charge in [0.2, 0.25) is 0 Å². The molecule has 0 spiro atoms. The van der Waals surface area contributed by atoms with Gasteiger partial charge in [-0.05, 0) is 74.3 Å². The number of aliphatic hydroxyl groups excluding tert-OH is 1. The number of hydrogen-bond acceptors (Lipinski definition) is 4. The third-order valence-corrected chi connectivity index (χ3v) is 8.48. The summed E-state index contributed by atoms with van der Waals surface area (Å²) in [6, 6.07) is 3.35. The molecule has 3 fully saturated rings. The second kappa shape index (κ2) is 6.28. The zero-order valence-electron chi connectivity index (χ0n) is 16.4. The van der Waals surface area contributed by atoms with Crippen LogP contribution in [0.3, 0.4) is 0 Å². The summed E-state index contributed by atoms with van der Waals surface area (Å²) >= 11 is 0. The highest BCUT2D eigenvalue weighted by Gasteiger charge is 2.58. The summed E-state index contributed by atoms with van der Waals surface area (Å²) in [5.74, 6) is 1.15. The van der Waals surface area contributed by atoms with Gasteiger partial charge in [0.15, 0.2) is 0 Å². The predicted molar refractivity (Wildman–Crippen MR) is 106 cm³/mol. The number of rotatable bonds is 2. The highest BCUT2D eigenvalue weighted by molar-refractivity contribution is 5.78. The fraction of sp³-hybridized carbons (Fsp3) is 0.583. The van der Waals surface area contributed by atoms with Crippen LogP contribution in [-0.2, 0) is 4.79 Å². The largest absolute Gasteiger partial charge is 0.431 e. The maximum Gasteiger partial charge on any atom is 0.335 e. The van der Waals surface area contributed by atoms with Crippen molar-refractivity contribution in [2.45, 2.75) is 58.0 Å². The Bertz CT molecular complexity index is 904. The second-order valence-electron chi connectivity index (χ2n) is 9.56. The van der Waals surface area contributed by atoms with E-state index in [1.165, 1.54) is 23.5 Å². The first-order chi connectivity index (χ1) is 13.5. The Morgan fingerprint density at radius 2 is 2.00 bits per heavy atom. The van der Waals surface area contributed by atoms with Crippen LogP contribution in [0.1, 0.15) is 57.4 Å². The average Bonchev–Trinajstić information content (AvgIpc) is 3.05. The number of aliphatic hydroxyl groups is 1. The minimum Gasteiger partial charge on any atom is -0.431 e. The van der Waals surface area contributed by atoms with Crippen LogP contribution >= 0.6 is 0 Å². The van der Waals surface area contributed by atoms with Gasteiger partial charge in [-0.15, -0.1) is 0 Å². The number of carbonyl (C=O) groups is 1. The van der Waals surface area contributed by atoms with E-state index in [0.717, 1.165) is 50.5 Å². The summed E-state index contributed by atoms with van der Waals surface area (Å²) in [7, 11) is 0. The van der Waals surface area contributed by atoms with Crippen LogP contribution in [-0.4, -0.2) is 17.5 Å². The standard InChI is InChI=1S/C24H28O4/c1-23-10-9-21-18(4-3-16-12-17(26)8-11-24(16,21)14-25)20(23)6-5-19(23)15-2-7-22(27)28-13-15/h2,5-7,13-14,16-18,21,26H,3-4,8-12H2,1H3/t16-,17+,18+,21+,23-,24-/m1/s1. The van der Waals surface area contributed by atoms with Gasteiger partial charge in [0.05, 0.1) is 6.10 Å². The molecule has 0 aliphatic heterocycles. The second-order valence-corrected chi connectivity index (χ2v) is 9.56. The average molecular weight is 380 g/mol. The Labute approximate surface area is 165 Å². The summed E-state index contributed by atoms with van der Waals surface area (Å²) in [5, 5.41) is 10.2. The van der Waals surface area contributed by atoms with Crippen LogP contribution in [0.4, 0.5) is 0 Å². The lowest BCUT2D eigenvalue weighted by molar-refractivity contribution is -0.139. The molecular formula is C24H28O4. The first-order valence-corrected chi connectivity index (χ1v) is 10.6. The fourth-order valence-electron chi connectivity index (χ4n) is 7.08. The Hall–Kier alpha value is -1.94. The highest BCUT2D eigenvalue weighted by atomic mass is 16.4. The van der Waals surface area contributed by atoms with E-state index in [2.05, 4.69) is 19.1 Å². The lowest BCUT2D eigenvalue weighted by atomic mass is 9.46. The normalized spacial score (nSPS) is 41.9. The van der Waals surface area contributed by atoms with Crippen LogP contribution in [0.5, 0.6) is 0 Å². The van der Waals surface area contributed by atoms with E-state index in [0.29, 0.717) is 17.8 Å². The Kier molecular flexibility index (Phi) is 4.06. The number of carbonyl (C=O) groups excluding carboxylic acids is 1. The van der Waals surface area contributed by atoms with Gasteiger partial charge < -0.3 is 14.3 Å². The molecule has 1 heterocycles. The van der Waals surface area contributed by atoms with Crippen LogP contribution in [0.25, 0.3) is 5.57 Å². The summed E-state index contributed by atoms with van der Waals surface area (Å²) in [6.07, 6.45) is 13.6. The fourth-order valence-corrected chi connectivity index (χ4v) is 7.08. The summed E-state index contributed by atoms with van der Waals surface area (Å²) in [4.78, 5) is 23.8. The van der Waals surface area contributed by atoms with E-state index in [-0.39, 0.29) is 22.6 Å². The van der Waals surface area contributed by atoms with Gasteiger partial charge in [-0.25, -0.2) is 4.79 Å². The molecule has 4 heteroatoms. The van der Waals surface area contributed by atoms with Crippen LogP contribution in [0, 0.1) is 28.6 Å². The minimum atomic E-state index is -0.324. The molecule has 0 amide bonds. The third-order valence-electron chi connectivity index (χ3n) is 8.48. The van der Waals surface area contributed by atoms with Gasteiger partial charge in [0.1, 0.15) is 12.5 Å². The summed E-state index contributed by atoms with van der Waals surface area (Å²) < 4.78 is 5.13. The molecule has 0 unspecified atom stereocenters. The van der Waals surface area contributed by atoms with Crippen molar-refractivity contribution in [1.29, 1.82) is 0 Å². The number of aldehydes is 1. The van der Waals surface area contributed by atoms with Crippen molar-refractivity contribution in [2.24, 2.45) is 28.6 Å². The molecule has 3 saturated carbocycles. The van der Waals surface area contributed by atoms with Crippen LogP contribution < -0.4 is 5.63 Å². The molecule has 5 rings (SSSR count). The molecule has 0 aromatic carbocycles. The van der Waals surface area contributed by atoms with E-state index < -0.39 is 0 Å². The number of fused-ring (bicyclic) bond motifs is 5. The molecule has 6 atom stereocenters. The molecule has 1 aromatic heterocycles. The molecule has 0 saturated heterocycles. The molecule has 1 N–H and O–H groups in total. The molecule has 0 radical (unpaired) electrons. The molecule has 148 valence electrons. The minimum absolute atomic E-state index is 0.0494. The van der Waals surface area contributed by atoms with E-state index in [1.54, 1.807) is 6.26 Å². The zero-order chi connectivity index (χ0) is 19.5. The Balaban J connectivity index is 1.48. The maximum absolute atomic E-state index is 12.4. The van der Waals surface area contributed by atoms with Gasteiger partial charge in [0.25, 0.3) is 0 Å². The van der Waals surface area contributed by atoms with E-state index in [9.17, 15) is 14.7 Å². The van der Waals surface area contributed by atoms with Crippen molar-refractivity contribution < 1.29 is 14.3 Å². The maximum atomic E-state index is 12.4. The molecule has 4 nitrogen and oxygen atoms in total. The van der Waals surface area contributed by atoms with Crippen LogP contribution in [0.2, 0.25) is 0 Å². The molecule has 4 aliphatic rings. The topological polar surface area (TPSA) is 67.5 Å². The van der Waals surface area contributed by atoms with Gasteiger partial charge in [-0.1, -0.05) is 24.6 Å². The number of allylic oxidation sites excluding steroid dienone is 4. The van der Waals surface area contributed by atoms with E-state index >= 15 is 0 Å². The Morgan fingerprint density at radius 3 is 2.75 bits per heavy atom. The molecule has 1 aromatic rings. The van der Waals surface area contributed by atoms with Crippen molar-refractivity contribution in [3.05, 3.63) is 52.1 Å². The molecule has 4 aliphatic carbocycles. The lowest BCUT2D eigenvalue weighted by Crippen LogP contribution is -2.53. The number of hydrogen-bond donors (Lipinski definition) is 1. The molecular weight excluding hydrogens is 352 g/mol. The third kappa shape index (κ3) is 2.40. The highest BCUT2D eigenvalue weighted by Crippen LogP contribution is 2.65. The SMILES string of the molecule is C[C@]12CC[C@H]3[C@@H](CC[C@@H]4C[C@@H](O)CC[C@@]43C=O)C1=CC=C2c1ccc(=O)oc1. The monoisotopic (exact) mass is 380 g/mol. The first-order valence-electron chi connectivity index (χ1n) is 10.6. The predicted octanol–water partition coefficient (Wildman–Crippen LogP) is 4.14. The van der Waals surface area contributed by atoms with Gasteiger partial charge in [-0.2, -0.15) is 0 Å². The van der Waals surface area contributed by atoms with Gasteiger partial charge in [0, 0.05) is 22.5 Å². The van der Waals surface area contributed by atoms with Crippen molar-refractivity contribution >= 4 is 11.9 Å². The van der Waals surface area contributed by atoms with Gasteiger partial charge in [-0.3, -0.25) is 0 Å². The molecule has 28 heavy (non-hydrogen) atoms. The Morgan fingerprint density at radius 1 is 1.14 bits per heavy atom. The summed E-state index contributed by atoms with van der Waals surface area (Å²) in [5.41, 5.74) is 3.03. The van der Waals surface area contributed by atoms with E-state index in [1.807, 2.05) is 6.07 Å². The molecule has 0 bridgehead atoms. The van der Waals surface area contributed by atoms with Crippen LogP contribution in [0.15, 0.2) is 45.3 Å². The van der Waals surface area contributed by atoms with Crippen molar-refractivity contribution in [2.75, 3.05) is 0 Å². The van der Waals surface area contributed by atoms with E-state index in [4.69, 9.17) is 4.42 Å². The zero-order valence-corrected chi connectivity index (χ0v) is 16.4. The lowest BCUT2D eigenvalue weighted by Gasteiger charge is -2.58. The summed E-state index contributed by atoms with van der Waals surface area (Å²) in [6.45, 7) is 2.31. The first kappa shape index (κ1) is 18.1. The van der Waals surface area contributed by atoms with Crippen molar-refractivity contribution in [1.82, 2.24) is 0 Å². The van der Waals surface area contributed by atoms with Crippen molar-refractivity contribution in [3.8, 4) is 0 Å². The quantitative estimate of drug-likeness (QED) is 0.783. The van der Waals surface area contributed by atoms with Crippen molar-refractivity contribution in [3.63, 3.8) is 0 Å².